The van der Waals surface area contributed by atoms with Crippen molar-refractivity contribution in [2.75, 3.05) is 33.2 Å². The topological polar surface area (TPSA) is 49.3 Å². The summed E-state index contributed by atoms with van der Waals surface area (Å²) in [6.45, 7) is 7.77. The number of benzene rings is 1. The molecule has 5 heteroatoms. The van der Waals surface area contributed by atoms with Crippen molar-refractivity contribution in [3.8, 4) is 11.1 Å². The molecular weight excluding hydrogens is 360 g/mol. The van der Waals surface area contributed by atoms with E-state index >= 15 is 0 Å². The molecule has 0 aliphatic carbocycles. The van der Waals surface area contributed by atoms with Crippen LogP contribution in [0, 0.1) is 19.8 Å². The Morgan fingerprint density at radius 2 is 1.90 bits per heavy atom. The third-order valence-corrected chi connectivity index (χ3v) is 6.46. The molecular formula is C24H32N4O. The molecule has 2 fully saturated rings. The summed E-state index contributed by atoms with van der Waals surface area (Å²) < 4.78 is 0. The van der Waals surface area contributed by atoms with Crippen molar-refractivity contribution < 1.29 is 4.79 Å². The van der Waals surface area contributed by atoms with Gasteiger partial charge in [-0.2, -0.15) is 0 Å². The molecule has 0 spiro atoms. The monoisotopic (exact) mass is 392 g/mol. The Bertz CT molecular complexity index is 873. The van der Waals surface area contributed by atoms with E-state index in [4.69, 9.17) is 4.98 Å². The number of nitrogens with zero attached hydrogens (tertiary/aromatic N) is 4. The molecule has 0 N–H and O–H groups in total. The van der Waals surface area contributed by atoms with Crippen LogP contribution in [0.2, 0.25) is 0 Å². The molecule has 2 aliphatic heterocycles. The molecule has 2 saturated heterocycles. The van der Waals surface area contributed by atoms with Gasteiger partial charge in [-0.15, -0.1) is 0 Å². The number of carbonyl (C=O) groups excluding carboxylic acids is 1. The fourth-order valence-corrected chi connectivity index (χ4v) is 4.75. The van der Waals surface area contributed by atoms with E-state index in [2.05, 4.69) is 53.0 Å². The van der Waals surface area contributed by atoms with Crippen LogP contribution in [0.1, 0.15) is 48.7 Å². The number of carbonyl (C=O) groups is 1. The van der Waals surface area contributed by atoms with E-state index in [9.17, 15) is 4.79 Å². The van der Waals surface area contributed by atoms with Gasteiger partial charge in [0.1, 0.15) is 5.82 Å². The molecule has 0 unspecified atom stereocenters. The number of hydrogen-bond acceptors (Lipinski definition) is 4. The Morgan fingerprint density at radius 3 is 2.66 bits per heavy atom. The van der Waals surface area contributed by atoms with Crippen molar-refractivity contribution in [3.05, 3.63) is 47.5 Å². The minimum atomic E-state index is 0.188. The summed E-state index contributed by atoms with van der Waals surface area (Å²) in [6, 6.07) is 8.53. The molecule has 3 heterocycles. The summed E-state index contributed by atoms with van der Waals surface area (Å²) in [7, 11) is 2.14. The predicted octanol–water partition coefficient (Wildman–Crippen LogP) is 3.81. The lowest BCUT2D eigenvalue weighted by Gasteiger charge is -2.37. The summed E-state index contributed by atoms with van der Waals surface area (Å²) in [5.41, 5.74) is 4.61. The van der Waals surface area contributed by atoms with E-state index < -0.39 is 0 Å². The van der Waals surface area contributed by atoms with Gasteiger partial charge in [0.05, 0.1) is 5.69 Å². The summed E-state index contributed by atoms with van der Waals surface area (Å²) in [4.78, 5) is 27.0. The SMILES string of the molecule is Cc1cccc(-c2cnc(C)nc2[C@H]2CCCN(C(=O)C3CCN(C)CC3)C2)c1. The first-order valence-corrected chi connectivity index (χ1v) is 10.9. The molecule has 0 radical (unpaired) electrons. The van der Waals surface area contributed by atoms with Gasteiger partial charge in [0.2, 0.25) is 5.91 Å². The zero-order valence-electron chi connectivity index (χ0n) is 17.9. The molecule has 154 valence electrons. The molecule has 1 aromatic carbocycles. The highest BCUT2D eigenvalue weighted by atomic mass is 16.2. The summed E-state index contributed by atoms with van der Waals surface area (Å²) in [6.07, 6.45) is 6.05. The first-order chi connectivity index (χ1) is 14.0. The molecule has 5 nitrogen and oxygen atoms in total. The van der Waals surface area contributed by atoms with Gasteiger partial charge in [-0.1, -0.05) is 29.8 Å². The summed E-state index contributed by atoms with van der Waals surface area (Å²) in [5, 5.41) is 0. The second-order valence-corrected chi connectivity index (χ2v) is 8.79. The number of hydrogen-bond donors (Lipinski definition) is 0. The van der Waals surface area contributed by atoms with Crippen molar-refractivity contribution in [2.45, 2.75) is 45.4 Å². The lowest BCUT2D eigenvalue weighted by molar-refractivity contribution is -0.138. The number of aryl methyl sites for hydroxylation is 2. The molecule has 1 aromatic heterocycles. The molecule has 0 saturated carbocycles. The van der Waals surface area contributed by atoms with Gasteiger partial charge in [-0.25, -0.2) is 9.97 Å². The van der Waals surface area contributed by atoms with E-state index in [1.165, 1.54) is 11.1 Å². The van der Waals surface area contributed by atoms with Crippen LogP contribution in [-0.4, -0.2) is 58.9 Å². The Labute approximate surface area is 174 Å². The van der Waals surface area contributed by atoms with Crippen LogP contribution in [0.15, 0.2) is 30.5 Å². The van der Waals surface area contributed by atoms with Gasteiger partial charge in [0.15, 0.2) is 0 Å². The van der Waals surface area contributed by atoms with E-state index in [0.717, 1.165) is 68.9 Å². The van der Waals surface area contributed by atoms with Gasteiger partial charge in [-0.3, -0.25) is 4.79 Å². The molecule has 0 bridgehead atoms. The predicted molar refractivity (Wildman–Crippen MR) is 116 cm³/mol. The van der Waals surface area contributed by atoms with E-state index in [1.807, 2.05) is 13.1 Å². The molecule has 1 atom stereocenters. The second-order valence-electron chi connectivity index (χ2n) is 8.79. The first kappa shape index (κ1) is 20.0. The zero-order valence-corrected chi connectivity index (χ0v) is 17.9. The largest absolute Gasteiger partial charge is 0.342 e. The lowest BCUT2D eigenvalue weighted by Crippen LogP contribution is -2.45. The average molecular weight is 393 g/mol. The quantitative estimate of drug-likeness (QED) is 0.797. The van der Waals surface area contributed by atoms with Crippen LogP contribution in [0.25, 0.3) is 11.1 Å². The molecule has 2 aliphatic rings. The number of likely N-dealkylation sites (tertiary alicyclic amines) is 2. The number of aromatic nitrogens is 2. The highest BCUT2D eigenvalue weighted by Crippen LogP contribution is 2.34. The lowest BCUT2D eigenvalue weighted by atomic mass is 9.88. The minimum Gasteiger partial charge on any atom is -0.342 e. The fraction of sp³-hybridized carbons (Fsp3) is 0.542. The maximum atomic E-state index is 13.2. The van der Waals surface area contributed by atoms with Crippen LogP contribution in [-0.2, 0) is 4.79 Å². The maximum absolute atomic E-state index is 13.2. The Kier molecular flexibility index (Phi) is 5.95. The van der Waals surface area contributed by atoms with Gasteiger partial charge in [0.25, 0.3) is 0 Å². The number of rotatable bonds is 3. The van der Waals surface area contributed by atoms with Gasteiger partial charge in [0, 0.05) is 36.7 Å². The number of amides is 1. The Hall–Kier alpha value is -2.27. The van der Waals surface area contributed by atoms with Crippen LogP contribution in [0.3, 0.4) is 0 Å². The van der Waals surface area contributed by atoms with E-state index in [-0.39, 0.29) is 11.8 Å². The summed E-state index contributed by atoms with van der Waals surface area (Å²) >= 11 is 0. The highest BCUT2D eigenvalue weighted by Gasteiger charge is 2.32. The van der Waals surface area contributed by atoms with Crippen LogP contribution < -0.4 is 0 Å². The van der Waals surface area contributed by atoms with Crippen molar-refractivity contribution in [3.63, 3.8) is 0 Å². The highest BCUT2D eigenvalue weighted by molar-refractivity contribution is 5.79. The van der Waals surface area contributed by atoms with Crippen molar-refractivity contribution >= 4 is 5.91 Å². The van der Waals surface area contributed by atoms with Crippen LogP contribution in [0.5, 0.6) is 0 Å². The molecule has 29 heavy (non-hydrogen) atoms. The normalized spacial score (nSPS) is 21.3. The molecule has 4 rings (SSSR count). The minimum absolute atomic E-state index is 0.188. The first-order valence-electron chi connectivity index (χ1n) is 10.9. The maximum Gasteiger partial charge on any atom is 0.225 e. The Balaban J connectivity index is 1.57. The molecule has 2 aromatic rings. The summed E-state index contributed by atoms with van der Waals surface area (Å²) in [5.74, 6) is 1.62. The van der Waals surface area contributed by atoms with E-state index in [0.29, 0.717) is 5.91 Å². The Morgan fingerprint density at radius 1 is 1.10 bits per heavy atom. The van der Waals surface area contributed by atoms with Crippen LogP contribution in [0.4, 0.5) is 0 Å². The van der Waals surface area contributed by atoms with Crippen molar-refractivity contribution in [2.24, 2.45) is 5.92 Å². The standard InChI is InChI=1S/C24H32N4O/c1-17-6-4-7-20(14-17)22-15-25-18(2)26-23(22)21-8-5-11-28(16-21)24(29)19-9-12-27(3)13-10-19/h4,6-7,14-15,19,21H,5,8-13,16H2,1-3H3/t21-/m0/s1. The smallest absolute Gasteiger partial charge is 0.225 e. The molecule has 1 amide bonds. The van der Waals surface area contributed by atoms with Crippen molar-refractivity contribution in [1.29, 1.82) is 0 Å². The fourth-order valence-electron chi connectivity index (χ4n) is 4.75. The second kappa shape index (κ2) is 8.62. The van der Waals surface area contributed by atoms with Crippen molar-refractivity contribution in [1.82, 2.24) is 19.8 Å². The van der Waals surface area contributed by atoms with Gasteiger partial charge >= 0.3 is 0 Å². The van der Waals surface area contributed by atoms with Gasteiger partial charge < -0.3 is 9.80 Å². The third kappa shape index (κ3) is 4.50. The van der Waals surface area contributed by atoms with Gasteiger partial charge in [-0.05, 0) is 65.2 Å². The van der Waals surface area contributed by atoms with Crippen LogP contribution >= 0.6 is 0 Å². The third-order valence-electron chi connectivity index (χ3n) is 6.46. The van der Waals surface area contributed by atoms with E-state index in [1.54, 1.807) is 0 Å². The zero-order chi connectivity index (χ0) is 20.4. The average Bonchev–Trinajstić information content (AvgIpc) is 2.74. The number of piperidine rings is 2.